The zero-order chi connectivity index (χ0) is 13.3. The van der Waals surface area contributed by atoms with Crippen molar-refractivity contribution >= 4 is 23.1 Å². The lowest BCUT2D eigenvalue weighted by Gasteiger charge is -2.28. The van der Waals surface area contributed by atoms with Crippen LogP contribution in [-0.4, -0.2) is 54.3 Å². The van der Waals surface area contributed by atoms with Crippen molar-refractivity contribution < 1.29 is 5.11 Å². The smallest absolute Gasteiger partial charge is 0.153 e. The fourth-order valence-corrected chi connectivity index (χ4v) is 2.56. The lowest BCUT2D eigenvalue weighted by Crippen LogP contribution is -2.38. The summed E-state index contributed by atoms with van der Waals surface area (Å²) in [6.45, 7) is 1.40. The standard InChI is InChI=1S/C12H19ClN4O/c1-16(2)6-8-5-9(18)7-17(8)12-10(14)3-4-11(13)15-12/h3-4,8-9,18H,5-7,14H2,1-2H3. The van der Waals surface area contributed by atoms with E-state index in [2.05, 4.69) is 9.88 Å². The maximum atomic E-state index is 9.84. The molecule has 2 rings (SSSR count). The number of rotatable bonds is 3. The van der Waals surface area contributed by atoms with Crippen LogP contribution < -0.4 is 10.6 Å². The van der Waals surface area contributed by atoms with Gasteiger partial charge in [-0.2, -0.15) is 0 Å². The molecule has 1 aromatic heterocycles. The Bertz CT molecular complexity index is 427. The lowest BCUT2D eigenvalue weighted by molar-refractivity contribution is 0.191. The molecule has 1 aliphatic heterocycles. The van der Waals surface area contributed by atoms with Crippen molar-refractivity contribution in [3.05, 3.63) is 17.3 Å². The molecule has 6 heteroatoms. The van der Waals surface area contributed by atoms with E-state index in [4.69, 9.17) is 17.3 Å². The SMILES string of the molecule is CN(C)CC1CC(O)CN1c1nc(Cl)ccc1N. The van der Waals surface area contributed by atoms with Crippen LogP contribution in [-0.2, 0) is 0 Å². The van der Waals surface area contributed by atoms with Gasteiger partial charge in [-0.3, -0.25) is 0 Å². The minimum atomic E-state index is -0.338. The van der Waals surface area contributed by atoms with E-state index in [-0.39, 0.29) is 12.1 Å². The van der Waals surface area contributed by atoms with Crippen LogP contribution in [0, 0.1) is 0 Å². The molecule has 1 aromatic rings. The van der Waals surface area contributed by atoms with Crippen molar-refractivity contribution in [2.24, 2.45) is 0 Å². The highest BCUT2D eigenvalue weighted by Crippen LogP contribution is 2.30. The zero-order valence-corrected chi connectivity index (χ0v) is 11.4. The molecule has 2 unspecified atom stereocenters. The second kappa shape index (κ2) is 5.30. The molecule has 100 valence electrons. The minimum Gasteiger partial charge on any atom is -0.396 e. The Morgan fingerprint density at radius 1 is 1.56 bits per heavy atom. The third-order valence-corrected chi connectivity index (χ3v) is 3.32. The van der Waals surface area contributed by atoms with Crippen LogP contribution in [0.25, 0.3) is 0 Å². The summed E-state index contributed by atoms with van der Waals surface area (Å²) in [5.74, 6) is 0.672. The van der Waals surface area contributed by atoms with Crippen molar-refractivity contribution in [3.63, 3.8) is 0 Å². The van der Waals surface area contributed by atoms with Crippen molar-refractivity contribution in [3.8, 4) is 0 Å². The van der Waals surface area contributed by atoms with Gasteiger partial charge in [-0.15, -0.1) is 0 Å². The van der Waals surface area contributed by atoms with Gasteiger partial charge in [-0.1, -0.05) is 11.6 Å². The number of hydrogen-bond acceptors (Lipinski definition) is 5. The van der Waals surface area contributed by atoms with E-state index in [1.54, 1.807) is 12.1 Å². The molecule has 2 heterocycles. The molecule has 18 heavy (non-hydrogen) atoms. The second-order valence-electron chi connectivity index (χ2n) is 5.00. The summed E-state index contributed by atoms with van der Waals surface area (Å²) in [6.07, 6.45) is 0.390. The molecule has 1 saturated heterocycles. The number of anilines is 2. The molecule has 1 fully saturated rings. The number of nitrogens with zero attached hydrogens (tertiary/aromatic N) is 3. The van der Waals surface area contributed by atoms with Gasteiger partial charge in [0.2, 0.25) is 0 Å². The third-order valence-electron chi connectivity index (χ3n) is 3.11. The molecule has 2 atom stereocenters. The van der Waals surface area contributed by atoms with E-state index in [0.29, 0.717) is 23.2 Å². The predicted octanol–water partition coefficient (Wildman–Crippen LogP) is 0.818. The van der Waals surface area contributed by atoms with Crippen molar-refractivity contribution in [2.75, 3.05) is 37.8 Å². The monoisotopic (exact) mass is 270 g/mol. The van der Waals surface area contributed by atoms with E-state index in [9.17, 15) is 5.11 Å². The Hall–Kier alpha value is -1.04. The molecular weight excluding hydrogens is 252 g/mol. The molecule has 0 bridgehead atoms. The average Bonchev–Trinajstić information content (AvgIpc) is 2.62. The normalized spacial score (nSPS) is 23.9. The predicted molar refractivity (Wildman–Crippen MR) is 74.0 cm³/mol. The summed E-state index contributed by atoms with van der Waals surface area (Å²) >= 11 is 5.92. The Labute approximate surface area is 112 Å². The maximum Gasteiger partial charge on any atom is 0.153 e. The highest BCUT2D eigenvalue weighted by molar-refractivity contribution is 6.29. The molecule has 0 aliphatic carbocycles. The van der Waals surface area contributed by atoms with Gasteiger partial charge in [0, 0.05) is 19.1 Å². The van der Waals surface area contributed by atoms with E-state index >= 15 is 0 Å². The van der Waals surface area contributed by atoms with Gasteiger partial charge in [-0.25, -0.2) is 4.98 Å². The Morgan fingerprint density at radius 3 is 2.94 bits per heavy atom. The molecule has 0 saturated carbocycles. The number of nitrogens with two attached hydrogens (primary N) is 1. The van der Waals surface area contributed by atoms with Crippen LogP contribution in [0.5, 0.6) is 0 Å². The zero-order valence-electron chi connectivity index (χ0n) is 10.7. The molecule has 1 aliphatic rings. The minimum absolute atomic E-state index is 0.211. The van der Waals surface area contributed by atoms with Gasteiger partial charge in [0.1, 0.15) is 5.15 Å². The highest BCUT2D eigenvalue weighted by atomic mass is 35.5. The summed E-state index contributed by atoms with van der Waals surface area (Å²) in [5.41, 5.74) is 6.54. The second-order valence-corrected chi connectivity index (χ2v) is 5.39. The van der Waals surface area contributed by atoms with E-state index in [1.165, 1.54) is 0 Å². The summed E-state index contributed by atoms with van der Waals surface area (Å²) in [5, 5.41) is 10.3. The molecule has 0 aromatic carbocycles. The number of aliphatic hydroxyl groups excluding tert-OH is 1. The number of halogens is 1. The Morgan fingerprint density at radius 2 is 2.28 bits per heavy atom. The summed E-state index contributed by atoms with van der Waals surface area (Å²) in [6, 6.07) is 3.64. The summed E-state index contributed by atoms with van der Waals surface area (Å²) in [4.78, 5) is 8.42. The van der Waals surface area contributed by atoms with Crippen LogP contribution in [0.3, 0.4) is 0 Å². The number of likely N-dealkylation sites (N-methyl/N-ethyl adjacent to an activating group) is 1. The van der Waals surface area contributed by atoms with Gasteiger partial charge < -0.3 is 20.6 Å². The van der Waals surface area contributed by atoms with Crippen LogP contribution in [0.1, 0.15) is 6.42 Å². The van der Waals surface area contributed by atoms with Gasteiger partial charge in [-0.05, 0) is 32.6 Å². The quantitative estimate of drug-likeness (QED) is 0.796. The van der Waals surface area contributed by atoms with Gasteiger partial charge in [0.05, 0.1) is 11.8 Å². The first-order valence-electron chi connectivity index (χ1n) is 5.99. The van der Waals surface area contributed by atoms with Crippen LogP contribution in [0.4, 0.5) is 11.5 Å². The number of nitrogen functional groups attached to an aromatic ring is 1. The first-order valence-corrected chi connectivity index (χ1v) is 6.36. The summed E-state index contributed by atoms with van der Waals surface area (Å²) < 4.78 is 0. The largest absolute Gasteiger partial charge is 0.396 e. The van der Waals surface area contributed by atoms with Crippen molar-refractivity contribution in [2.45, 2.75) is 18.6 Å². The fourth-order valence-electron chi connectivity index (χ4n) is 2.41. The first kappa shape index (κ1) is 13.4. The van der Waals surface area contributed by atoms with E-state index < -0.39 is 0 Å². The average molecular weight is 271 g/mol. The maximum absolute atomic E-state index is 9.84. The number of β-amino-alcohol motifs (C(OH)–C–C–N with tert-alkyl or cyclic N) is 1. The van der Waals surface area contributed by atoms with E-state index in [0.717, 1.165) is 13.0 Å². The number of aromatic nitrogens is 1. The Kier molecular flexibility index (Phi) is 3.94. The fraction of sp³-hybridized carbons (Fsp3) is 0.583. The molecule has 0 radical (unpaired) electrons. The third kappa shape index (κ3) is 2.85. The summed E-state index contributed by atoms with van der Waals surface area (Å²) in [7, 11) is 4.02. The molecule has 0 spiro atoms. The topological polar surface area (TPSA) is 65.6 Å². The van der Waals surface area contributed by atoms with Crippen LogP contribution >= 0.6 is 11.6 Å². The van der Waals surface area contributed by atoms with Gasteiger partial charge >= 0.3 is 0 Å². The highest BCUT2D eigenvalue weighted by Gasteiger charge is 2.33. The van der Waals surface area contributed by atoms with Crippen LogP contribution in [0.15, 0.2) is 12.1 Å². The van der Waals surface area contributed by atoms with Gasteiger partial charge in [0.25, 0.3) is 0 Å². The van der Waals surface area contributed by atoms with Crippen LogP contribution in [0.2, 0.25) is 5.15 Å². The van der Waals surface area contributed by atoms with Crippen molar-refractivity contribution in [1.29, 1.82) is 0 Å². The molecule has 3 N–H and O–H groups in total. The Balaban J connectivity index is 2.26. The number of hydrogen-bond donors (Lipinski definition) is 2. The first-order chi connectivity index (χ1) is 8.47. The van der Waals surface area contributed by atoms with E-state index in [1.807, 2.05) is 19.0 Å². The molecule has 0 amide bonds. The lowest BCUT2D eigenvalue weighted by atomic mass is 10.2. The number of pyridine rings is 1. The molecular formula is C12H19ClN4O. The number of aliphatic hydroxyl groups is 1. The molecule has 5 nitrogen and oxygen atoms in total. The van der Waals surface area contributed by atoms with Gasteiger partial charge in [0.15, 0.2) is 5.82 Å². The van der Waals surface area contributed by atoms with Crippen molar-refractivity contribution in [1.82, 2.24) is 9.88 Å².